The van der Waals surface area contributed by atoms with Crippen LogP contribution >= 0.6 is 27.3 Å². The van der Waals surface area contributed by atoms with Gasteiger partial charge in [-0.3, -0.25) is 0 Å². The van der Waals surface area contributed by atoms with Crippen molar-refractivity contribution in [3.8, 4) is 0 Å². The number of hydrogen-bond donors (Lipinski definition) is 1. The van der Waals surface area contributed by atoms with Gasteiger partial charge in [0.1, 0.15) is 0 Å². The molecule has 0 aromatic carbocycles. The lowest BCUT2D eigenvalue weighted by molar-refractivity contribution is 0.194. The molecule has 3 heteroatoms. The Bertz CT molecular complexity index is 336. The molecule has 0 amide bonds. The zero-order chi connectivity index (χ0) is 11.5. The van der Waals surface area contributed by atoms with Crippen molar-refractivity contribution in [3.05, 3.63) is 20.8 Å². The first-order valence-corrected chi connectivity index (χ1v) is 7.79. The molecular weight excluding hydrogens is 282 g/mol. The minimum Gasteiger partial charge on any atom is -0.330 e. The van der Waals surface area contributed by atoms with Gasteiger partial charge in [0.25, 0.3) is 0 Å². The highest BCUT2D eigenvalue weighted by Crippen LogP contribution is 2.36. The average molecular weight is 302 g/mol. The van der Waals surface area contributed by atoms with Gasteiger partial charge in [-0.25, -0.2) is 0 Å². The Kier molecular flexibility index (Phi) is 4.45. The molecule has 1 aliphatic carbocycles. The second-order valence-electron chi connectivity index (χ2n) is 5.11. The van der Waals surface area contributed by atoms with E-state index in [0.29, 0.717) is 0 Å². The fourth-order valence-corrected chi connectivity index (χ4v) is 4.39. The van der Waals surface area contributed by atoms with Gasteiger partial charge in [-0.15, -0.1) is 11.3 Å². The van der Waals surface area contributed by atoms with Gasteiger partial charge in [0.15, 0.2) is 0 Å². The zero-order valence-corrected chi connectivity index (χ0v) is 12.2. The topological polar surface area (TPSA) is 26.0 Å². The predicted molar refractivity (Wildman–Crippen MR) is 74.8 cm³/mol. The van der Waals surface area contributed by atoms with Crippen molar-refractivity contribution in [2.24, 2.45) is 23.5 Å². The lowest BCUT2D eigenvalue weighted by atomic mass is 9.73. The maximum absolute atomic E-state index is 5.89. The smallest absolute Gasteiger partial charge is 0.0285 e. The highest BCUT2D eigenvalue weighted by Gasteiger charge is 2.27. The van der Waals surface area contributed by atoms with Crippen LogP contribution in [0, 0.1) is 17.8 Å². The maximum Gasteiger partial charge on any atom is 0.0285 e. The van der Waals surface area contributed by atoms with Crippen LogP contribution in [0.3, 0.4) is 0 Å². The Balaban J connectivity index is 2.00. The van der Waals surface area contributed by atoms with E-state index in [0.717, 1.165) is 24.3 Å². The third kappa shape index (κ3) is 3.08. The van der Waals surface area contributed by atoms with Crippen molar-refractivity contribution in [2.75, 3.05) is 6.54 Å². The van der Waals surface area contributed by atoms with E-state index < -0.39 is 0 Å². The number of halogens is 1. The van der Waals surface area contributed by atoms with Crippen LogP contribution in [0.4, 0.5) is 0 Å². The molecule has 2 rings (SSSR count). The van der Waals surface area contributed by atoms with E-state index >= 15 is 0 Å². The molecule has 2 N–H and O–H groups in total. The molecule has 16 heavy (non-hydrogen) atoms. The van der Waals surface area contributed by atoms with Gasteiger partial charge < -0.3 is 5.73 Å². The third-order valence-corrected chi connectivity index (χ3v) is 5.51. The van der Waals surface area contributed by atoms with Crippen LogP contribution in [0.2, 0.25) is 0 Å². The second-order valence-corrected chi connectivity index (χ2v) is 7.02. The van der Waals surface area contributed by atoms with Gasteiger partial charge in [0, 0.05) is 14.7 Å². The van der Waals surface area contributed by atoms with Gasteiger partial charge in [0.05, 0.1) is 0 Å². The maximum atomic E-state index is 5.89. The van der Waals surface area contributed by atoms with Crippen LogP contribution in [0.25, 0.3) is 0 Å². The Hall–Kier alpha value is 0.140. The minimum atomic E-state index is 0.747. The lowest BCUT2D eigenvalue weighted by Gasteiger charge is -2.34. The molecule has 90 valence electrons. The summed E-state index contributed by atoms with van der Waals surface area (Å²) in [6, 6.07) is 2.26. The molecule has 1 nitrogen and oxygen atoms in total. The van der Waals surface area contributed by atoms with E-state index in [2.05, 4.69) is 34.3 Å². The van der Waals surface area contributed by atoms with Crippen LogP contribution in [0.1, 0.15) is 31.1 Å². The SMILES string of the molecule is CC1CCC(CN)C(Cc2cc(Br)cs2)C1. The van der Waals surface area contributed by atoms with Crippen LogP contribution in [-0.2, 0) is 6.42 Å². The Morgan fingerprint density at radius 3 is 2.88 bits per heavy atom. The van der Waals surface area contributed by atoms with E-state index in [1.165, 1.54) is 35.0 Å². The van der Waals surface area contributed by atoms with Crippen molar-refractivity contribution in [1.29, 1.82) is 0 Å². The van der Waals surface area contributed by atoms with Crippen molar-refractivity contribution in [2.45, 2.75) is 32.6 Å². The minimum absolute atomic E-state index is 0.747. The largest absolute Gasteiger partial charge is 0.330 e. The average Bonchev–Trinajstić information content (AvgIpc) is 2.64. The summed E-state index contributed by atoms with van der Waals surface area (Å²) in [5, 5.41) is 2.18. The van der Waals surface area contributed by atoms with Crippen LogP contribution in [-0.4, -0.2) is 6.54 Å². The number of nitrogens with two attached hydrogens (primary N) is 1. The Morgan fingerprint density at radius 2 is 2.25 bits per heavy atom. The van der Waals surface area contributed by atoms with Gasteiger partial charge >= 0.3 is 0 Å². The monoisotopic (exact) mass is 301 g/mol. The third-order valence-electron chi connectivity index (χ3n) is 3.79. The number of hydrogen-bond acceptors (Lipinski definition) is 2. The standard InChI is InChI=1S/C13H20BrNS/c1-9-2-3-10(7-15)11(4-9)5-13-6-12(14)8-16-13/h6,8-11H,2-5,7,15H2,1H3. The molecule has 0 radical (unpaired) electrons. The summed E-state index contributed by atoms with van der Waals surface area (Å²) in [5.74, 6) is 2.44. The molecule has 1 aromatic rings. The summed E-state index contributed by atoms with van der Waals surface area (Å²) in [6.45, 7) is 3.24. The van der Waals surface area contributed by atoms with Crippen LogP contribution in [0.5, 0.6) is 0 Å². The molecule has 3 atom stereocenters. The van der Waals surface area contributed by atoms with E-state index in [1.54, 1.807) is 0 Å². The van der Waals surface area contributed by atoms with E-state index in [1.807, 2.05) is 11.3 Å². The van der Waals surface area contributed by atoms with Crippen molar-refractivity contribution in [3.63, 3.8) is 0 Å². The first kappa shape index (κ1) is 12.6. The van der Waals surface area contributed by atoms with Gasteiger partial charge in [-0.05, 0) is 65.6 Å². The first-order valence-electron chi connectivity index (χ1n) is 6.12. The second kappa shape index (κ2) is 5.65. The van der Waals surface area contributed by atoms with Gasteiger partial charge in [-0.2, -0.15) is 0 Å². The highest BCUT2D eigenvalue weighted by molar-refractivity contribution is 9.10. The molecule has 3 unspecified atom stereocenters. The summed E-state index contributed by atoms with van der Waals surface area (Å²) in [4.78, 5) is 1.50. The summed E-state index contributed by atoms with van der Waals surface area (Å²) >= 11 is 5.40. The normalized spacial score (nSPS) is 30.6. The van der Waals surface area contributed by atoms with E-state index in [4.69, 9.17) is 5.73 Å². The first-order chi connectivity index (χ1) is 7.69. The molecule has 1 saturated carbocycles. The van der Waals surface area contributed by atoms with E-state index in [-0.39, 0.29) is 0 Å². The van der Waals surface area contributed by atoms with E-state index in [9.17, 15) is 0 Å². The summed E-state index contributed by atoms with van der Waals surface area (Å²) in [5.41, 5.74) is 5.89. The van der Waals surface area contributed by atoms with Crippen LogP contribution in [0.15, 0.2) is 15.9 Å². The van der Waals surface area contributed by atoms with Gasteiger partial charge in [-0.1, -0.05) is 13.3 Å². The van der Waals surface area contributed by atoms with Crippen LogP contribution < -0.4 is 5.73 Å². The van der Waals surface area contributed by atoms with Crippen molar-refractivity contribution >= 4 is 27.3 Å². The molecule has 1 heterocycles. The van der Waals surface area contributed by atoms with Crippen molar-refractivity contribution in [1.82, 2.24) is 0 Å². The predicted octanol–water partition coefficient (Wildman–Crippen LogP) is 4.06. The molecule has 1 fully saturated rings. The molecule has 1 aromatic heterocycles. The highest BCUT2D eigenvalue weighted by atomic mass is 79.9. The van der Waals surface area contributed by atoms with Crippen molar-refractivity contribution < 1.29 is 0 Å². The Labute approximate surface area is 111 Å². The number of thiophene rings is 1. The fourth-order valence-electron chi connectivity index (χ4n) is 2.84. The molecule has 0 saturated heterocycles. The molecule has 0 bridgehead atoms. The quantitative estimate of drug-likeness (QED) is 0.895. The summed E-state index contributed by atoms with van der Waals surface area (Å²) < 4.78 is 1.22. The molecular formula is C13H20BrNS. The Morgan fingerprint density at radius 1 is 1.44 bits per heavy atom. The molecule has 1 aliphatic rings. The molecule has 0 spiro atoms. The zero-order valence-electron chi connectivity index (χ0n) is 9.79. The number of rotatable bonds is 3. The fraction of sp³-hybridized carbons (Fsp3) is 0.692. The summed E-state index contributed by atoms with van der Waals surface area (Å²) in [7, 11) is 0. The summed E-state index contributed by atoms with van der Waals surface area (Å²) in [6.07, 6.45) is 5.28. The molecule has 0 aliphatic heterocycles. The van der Waals surface area contributed by atoms with Gasteiger partial charge in [0.2, 0.25) is 0 Å². The lowest BCUT2D eigenvalue weighted by Crippen LogP contribution is -2.30.